The Kier molecular flexibility index (Phi) is 9.47. The molecule has 0 aliphatic heterocycles. The summed E-state index contributed by atoms with van der Waals surface area (Å²) in [5.41, 5.74) is 8.34. The van der Waals surface area contributed by atoms with Gasteiger partial charge in [-0.25, -0.2) is 19.7 Å². The van der Waals surface area contributed by atoms with E-state index in [0.717, 1.165) is 39.3 Å². The molecule has 1 aliphatic carbocycles. The number of allylic oxidation sites excluding steroid dienone is 1. The number of nitrogens with zero attached hydrogens (tertiary/aromatic N) is 5. The van der Waals surface area contributed by atoms with E-state index in [0.29, 0.717) is 39.6 Å². The first-order valence-corrected chi connectivity index (χ1v) is 15.7. The van der Waals surface area contributed by atoms with Crippen LogP contribution in [0.1, 0.15) is 25.0 Å². The van der Waals surface area contributed by atoms with Gasteiger partial charge >= 0.3 is 11.9 Å². The van der Waals surface area contributed by atoms with Crippen molar-refractivity contribution < 1.29 is 19.1 Å². The van der Waals surface area contributed by atoms with Crippen molar-refractivity contribution in [1.29, 1.82) is 5.26 Å². The molecule has 0 radical (unpaired) electrons. The molecule has 9 heteroatoms. The summed E-state index contributed by atoms with van der Waals surface area (Å²) in [4.78, 5) is 29.5. The molecule has 0 unspecified atom stereocenters. The molecule has 0 aromatic heterocycles. The van der Waals surface area contributed by atoms with Crippen LogP contribution in [0.25, 0.3) is 21.5 Å². The van der Waals surface area contributed by atoms with Crippen molar-refractivity contribution in [2.24, 2.45) is 10.2 Å². The monoisotopic (exact) mass is 667 g/mol. The second kappa shape index (κ2) is 14.4. The third-order valence-corrected chi connectivity index (χ3v) is 7.91. The number of carbonyl (C=O) groups is 2. The Labute approximate surface area is 295 Å². The molecular weight excluding hydrogens is 638 g/mol. The fourth-order valence-corrected chi connectivity index (χ4v) is 5.45. The number of esters is 2. The summed E-state index contributed by atoms with van der Waals surface area (Å²) in [6.45, 7) is 17.9. The van der Waals surface area contributed by atoms with E-state index < -0.39 is 11.9 Å². The van der Waals surface area contributed by atoms with E-state index in [9.17, 15) is 14.9 Å². The van der Waals surface area contributed by atoms with E-state index in [4.69, 9.17) is 16.0 Å². The molecule has 0 atom stereocenters. The normalized spacial score (nSPS) is 12.2. The van der Waals surface area contributed by atoms with Gasteiger partial charge in [-0.3, -0.25) is 0 Å². The lowest BCUT2D eigenvalue weighted by Crippen LogP contribution is -2.11. The van der Waals surface area contributed by atoms with Crippen molar-refractivity contribution in [2.45, 2.75) is 13.8 Å². The largest absolute Gasteiger partial charge is 0.423 e. The van der Waals surface area contributed by atoms with Gasteiger partial charge in [0.1, 0.15) is 11.5 Å². The lowest BCUT2D eigenvalue weighted by molar-refractivity contribution is -0.130. The molecule has 0 heterocycles. The highest BCUT2D eigenvalue weighted by molar-refractivity contribution is 6.04. The zero-order valence-corrected chi connectivity index (χ0v) is 27.8. The van der Waals surface area contributed by atoms with Gasteiger partial charge in [0.2, 0.25) is 0 Å². The van der Waals surface area contributed by atoms with Crippen LogP contribution in [0.4, 0.5) is 28.4 Å². The Balaban J connectivity index is 1.29. The summed E-state index contributed by atoms with van der Waals surface area (Å²) in [6.07, 6.45) is 0. The van der Waals surface area contributed by atoms with Crippen molar-refractivity contribution in [3.63, 3.8) is 0 Å². The summed E-state index contributed by atoms with van der Waals surface area (Å²) in [5.74, 6) is -0.264. The highest BCUT2D eigenvalue weighted by Crippen LogP contribution is 2.47. The summed E-state index contributed by atoms with van der Waals surface area (Å²) < 4.78 is 10.8. The number of ether oxygens (including phenoxy) is 2. The van der Waals surface area contributed by atoms with E-state index in [-0.39, 0.29) is 5.70 Å². The van der Waals surface area contributed by atoms with Crippen LogP contribution in [0.3, 0.4) is 0 Å². The molecule has 1 aliphatic rings. The molecule has 5 aromatic rings. The van der Waals surface area contributed by atoms with Crippen LogP contribution in [0.2, 0.25) is 0 Å². The van der Waals surface area contributed by atoms with E-state index in [1.165, 1.54) is 0 Å². The van der Waals surface area contributed by atoms with Crippen LogP contribution in [0.5, 0.6) is 11.5 Å². The van der Waals surface area contributed by atoms with Crippen LogP contribution in [0, 0.1) is 17.9 Å². The van der Waals surface area contributed by atoms with Gasteiger partial charge in [0, 0.05) is 33.8 Å². The number of anilines is 3. The maximum Gasteiger partial charge on any atom is 0.338 e. The van der Waals surface area contributed by atoms with Gasteiger partial charge in [0.15, 0.2) is 0 Å². The summed E-state index contributed by atoms with van der Waals surface area (Å²) >= 11 is 0. The smallest absolute Gasteiger partial charge is 0.338 e. The predicted octanol–water partition coefficient (Wildman–Crippen LogP) is 10.7. The number of benzene rings is 5. The Hall–Kier alpha value is -7.36. The lowest BCUT2D eigenvalue weighted by atomic mass is 10.0. The van der Waals surface area contributed by atoms with Crippen molar-refractivity contribution in [3.05, 3.63) is 168 Å². The van der Waals surface area contributed by atoms with Crippen LogP contribution in [-0.4, -0.2) is 11.9 Å². The molecule has 6 rings (SSSR count). The van der Waals surface area contributed by atoms with Gasteiger partial charge in [0.05, 0.1) is 24.0 Å². The van der Waals surface area contributed by atoms with E-state index in [2.05, 4.69) is 28.2 Å². The molecule has 9 nitrogen and oxygen atoms in total. The molecule has 0 fully saturated rings. The summed E-state index contributed by atoms with van der Waals surface area (Å²) in [5, 5.41) is 18.6. The van der Waals surface area contributed by atoms with Crippen molar-refractivity contribution in [2.75, 3.05) is 4.90 Å². The molecule has 51 heavy (non-hydrogen) atoms. The van der Waals surface area contributed by atoms with E-state index in [1.54, 1.807) is 38.1 Å². The third-order valence-electron chi connectivity index (χ3n) is 7.91. The average Bonchev–Trinajstić information content (AvgIpc) is 3.46. The van der Waals surface area contributed by atoms with Gasteiger partial charge in [-0.15, -0.1) is 0 Å². The van der Waals surface area contributed by atoms with Gasteiger partial charge in [0.25, 0.3) is 5.70 Å². The highest BCUT2D eigenvalue weighted by Gasteiger charge is 2.26. The minimum atomic E-state index is -0.510. The molecule has 0 spiro atoms. The number of rotatable bonds is 9. The van der Waals surface area contributed by atoms with Crippen molar-refractivity contribution in [1.82, 2.24) is 0 Å². The molecular formula is C42H29N5O4. The van der Waals surface area contributed by atoms with Crippen LogP contribution < -0.4 is 14.4 Å². The van der Waals surface area contributed by atoms with Crippen LogP contribution in [-0.2, 0) is 9.59 Å². The molecule has 0 amide bonds. The van der Waals surface area contributed by atoms with Crippen LogP contribution >= 0.6 is 0 Å². The topological polar surface area (TPSA) is 109 Å². The summed E-state index contributed by atoms with van der Waals surface area (Å²) in [7, 11) is 0. The van der Waals surface area contributed by atoms with Gasteiger partial charge in [-0.1, -0.05) is 43.5 Å². The standard InChI is InChI=1S/C42H29N5O4/c1-26(2)41(48)50-33-19-15-31(16-20-33)47(32-17-21-34(22-18-32)51-42(49)27(3)4)30-13-10-28(11-14-30)45-46-29-12-23-37-38(24-29)35-8-6-7-9-36(35)40(37)39(25-43)44-5/h6-24H,1,3H2,2,4H3. The summed E-state index contributed by atoms with van der Waals surface area (Å²) in [6, 6.07) is 36.9. The zero-order chi connectivity index (χ0) is 36.1. The lowest BCUT2D eigenvalue weighted by Gasteiger charge is -2.25. The molecule has 0 bridgehead atoms. The number of azo groups is 1. The average molecular weight is 668 g/mol. The quantitative estimate of drug-likeness (QED) is 0.0379. The Bertz CT molecular complexity index is 2270. The minimum absolute atomic E-state index is 0.0500. The van der Waals surface area contributed by atoms with Gasteiger partial charge < -0.3 is 14.4 Å². The number of hydrogen-bond acceptors (Lipinski definition) is 8. The first-order valence-electron chi connectivity index (χ1n) is 15.7. The first kappa shape index (κ1) is 33.5. The minimum Gasteiger partial charge on any atom is -0.423 e. The highest BCUT2D eigenvalue weighted by atomic mass is 16.5. The first-order chi connectivity index (χ1) is 24.7. The number of fused-ring (bicyclic) bond motifs is 3. The van der Waals surface area contributed by atoms with Crippen molar-refractivity contribution >= 4 is 45.9 Å². The van der Waals surface area contributed by atoms with Gasteiger partial charge in [-0.2, -0.15) is 10.2 Å². The van der Waals surface area contributed by atoms with Crippen molar-refractivity contribution in [3.8, 4) is 28.7 Å². The number of nitriles is 1. The fourth-order valence-electron chi connectivity index (χ4n) is 5.45. The maximum absolute atomic E-state index is 12.0. The zero-order valence-electron chi connectivity index (χ0n) is 27.8. The van der Waals surface area contributed by atoms with E-state index >= 15 is 0 Å². The second-order valence-electron chi connectivity index (χ2n) is 11.6. The van der Waals surface area contributed by atoms with Crippen LogP contribution in [0.15, 0.2) is 155 Å². The Morgan fingerprint density at radius 2 is 1.12 bits per heavy atom. The number of hydrogen-bond donors (Lipinski definition) is 0. The second-order valence-corrected chi connectivity index (χ2v) is 11.6. The fraction of sp³-hybridized carbons (Fsp3) is 0.0476. The Morgan fingerprint density at radius 1 is 0.667 bits per heavy atom. The predicted molar refractivity (Wildman–Crippen MR) is 196 cm³/mol. The Morgan fingerprint density at radius 3 is 1.61 bits per heavy atom. The third kappa shape index (κ3) is 7.09. The molecule has 0 N–H and O–H groups in total. The van der Waals surface area contributed by atoms with E-state index in [1.807, 2.05) is 102 Å². The molecule has 0 saturated carbocycles. The number of carbonyl (C=O) groups excluding carboxylic acids is 2. The molecule has 246 valence electrons. The molecule has 5 aromatic carbocycles. The SMILES string of the molecule is [C-]#[N+]C(C#N)=C1c2ccccc2-c2cc(N=Nc3ccc(N(c4ccc(OC(=O)C(=C)C)cc4)c4ccc(OC(=O)C(=C)C)cc4)cc3)ccc21. The molecule has 0 saturated heterocycles. The maximum atomic E-state index is 12.0. The van der Waals surface area contributed by atoms with Gasteiger partial charge in [-0.05, 0) is 121 Å².